The van der Waals surface area contributed by atoms with Crippen LogP contribution in [0.15, 0.2) is 36.4 Å². The lowest BCUT2D eigenvalue weighted by atomic mass is 10.1. The summed E-state index contributed by atoms with van der Waals surface area (Å²) in [6.07, 6.45) is 0. The second-order valence-electron chi connectivity index (χ2n) is 4.23. The van der Waals surface area contributed by atoms with E-state index in [-0.39, 0.29) is 0 Å². The topological polar surface area (TPSA) is 56.5 Å². The molecule has 0 aliphatic carbocycles. The minimum atomic E-state index is 0.684. The Morgan fingerprint density at radius 3 is 2.26 bits per heavy atom. The summed E-state index contributed by atoms with van der Waals surface area (Å²) >= 11 is 0. The Labute approximate surface area is 113 Å². The third-order valence-electron chi connectivity index (χ3n) is 2.95. The molecule has 0 atom stereocenters. The summed E-state index contributed by atoms with van der Waals surface area (Å²) in [6.45, 7) is 1.97. The molecule has 2 aromatic rings. The van der Waals surface area contributed by atoms with Crippen LogP contribution < -0.4 is 20.5 Å². The van der Waals surface area contributed by atoms with E-state index in [4.69, 9.17) is 15.2 Å². The quantitative estimate of drug-likeness (QED) is 0.826. The largest absolute Gasteiger partial charge is 0.496 e. The second-order valence-corrected chi connectivity index (χ2v) is 4.23. The maximum Gasteiger partial charge on any atom is 0.142 e. The summed E-state index contributed by atoms with van der Waals surface area (Å²) in [5.74, 6) is 1.55. The first-order chi connectivity index (χ1) is 9.15. The Bertz CT molecular complexity index is 582. The summed E-state index contributed by atoms with van der Waals surface area (Å²) in [6, 6.07) is 11.4. The Morgan fingerprint density at radius 2 is 1.63 bits per heavy atom. The molecule has 0 spiro atoms. The van der Waals surface area contributed by atoms with Gasteiger partial charge in [0.05, 0.1) is 31.3 Å². The molecule has 2 rings (SSSR count). The number of benzene rings is 2. The lowest BCUT2D eigenvalue weighted by molar-refractivity contribution is 0.402. The first-order valence-corrected chi connectivity index (χ1v) is 6.00. The molecule has 0 heterocycles. The third kappa shape index (κ3) is 2.73. The van der Waals surface area contributed by atoms with Crippen LogP contribution in [-0.4, -0.2) is 14.2 Å². The number of hydrogen-bond donors (Lipinski definition) is 2. The van der Waals surface area contributed by atoms with Crippen LogP contribution in [0.25, 0.3) is 0 Å². The van der Waals surface area contributed by atoms with E-state index in [1.54, 1.807) is 14.2 Å². The molecule has 0 aromatic heterocycles. The molecule has 0 amide bonds. The number of hydrogen-bond acceptors (Lipinski definition) is 4. The molecular weight excluding hydrogens is 240 g/mol. The number of ether oxygens (including phenoxy) is 2. The Balaban J connectivity index is 2.41. The average Bonchev–Trinajstić information content (AvgIpc) is 2.42. The highest BCUT2D eigenvalue weighted by molar-refractivity contribution is 5.76. The standard InChI is InChI=1S/C15H18N2O2/c1-10-8-15(19-3)13(9-14(10)18-2)17-12-7-5-4-6-11(12)16/h4-9,17H,16H2,1-3H3. The van der Waals surface area contributed by atoms with Gasteiger partial charge in [-0.3, -0.25) is 0 Å². The predicted octanol–water partition coefficient (Wildman–Crippen LogP) is 3.34. The van der Waals surface area contributed by atoms with E-state index in [0.717, 1.165) is 28.4 Å². The van der Waals surface area contributed by atoms with E-state index in [9.17, 15) is 0 Å². The lowest BCUT2D eigenvalue weighted by Crippen LogP contribution is -1.99. The molecule has 0 bridgehead atoms. The van der Waals surface area contributed by atoms with E-state index in [1.165, 1.54) is 0 Å². The van der Waals surface area contributed by atoms with Crippen LogP contribution in [0.2, 0.25) is 0 Å². The van der Waals surface area contributed by atoms with Crippen molar-refractivity contribution in [2.45, 2.75) is 6.92 Å². The fourth-order valence-corrected chi connectivity index (χ4v) is 1.90. The number of aryl methyl sites for hydroxylation is 1. The van der Waals surface area contributed by atoms with Gasteiger partial charge in [0.2, 0.25) is 0 Å². The molecule has 0 aliphatic rings. The molecule has 19 heavy (non-hydrogen) atoms. The predicted molar refractivity (Wildman–Crippen MR) is 78.4 cm³/mol. The lowest BCUT2D eigenvalue weighted by Gasteiger charge is -2.15. The van der Waals surface area contributed by atoms with Crippen molar-refractivity contribution >= 4 is 17.1 Å². The minimum Gasteiger partial charge on any atom is -0.496 e. The number of para-hydroxylation sites is 2. The van der Waals surface area contributed by atoms with Crippen molar-refractivity contribution < 1.29 is 9.47 Å². The maximum atomic E-state index is 5.93. The van der Waals surface area contributed by atoms with Crippen LogP contribution in [0.5, 0.6) is 11.5 Å². The van der Waals surface area contributed by atoms with Crippen LogP contribution in [0, 0.1) is 6.92 Å². The van der Waals surface area contributed by atoms with Gasteiger partial charge >= 0.3 is 0 Å². The number of nitrogens with one attached hydrogen (secondary N) is 1. The van der Waals surface area contributed by atoms with Crippen LogP contribution in [0.1, 0.15) is 5.56 Å². The van der Waals surface area contributed by atoms with Crippen molar-refractivity contribution in [2.24, 2.45) is 0 Å². The second kappa shape index (κ2) is 5.52. The van der Waals surface area contributed by atoms with Gasteiger partial charge in [-0.05, 0) is 30.7 Å². The fraction of sp³-hybridized carbons (Fsp3) is 0.200. The van der Waals surface area contributed by atoms with E-state index in [1.807, 2.05) is 43.3 Å². The number of nitrogen functional groups attached to an aromatic ring is 1. The third-order valence-corrected chi connectivity index (χ3v) is 2.95. The number of rotatable bonds is 4. The van der Waals surface area contributed by atoms with Crippen molar-refractivity contribution in [3.05, 3.63) is 42.0 Å². The molecule has 2 aromatic carbocycles. The van der Waals surface area contributed by atoms with Gasteiger partial charge in [0.15, 0.2) is 0 Å². The number of anilines is 3. The van der Waals surface area contributed by atoms with Crippen LogP contribution in [0.3, 0.4) is 0 Å². The van der Waals surface area contributed by atoms with Crippen LogP contribution in [0.4, 0.5) is 17.1 Å². The van der Waals surface area contributed by atoms with Gasteiger partial charge in [0.25, 0.3) is 0 Å². The van der Waals surface area contributed by atoms with E-state index < -0.39 is 0 Å². The monoisotopic (exact) mass is 258 g/mol. The van der Waals surface area contributed by atoms with Gasteiger partial charge in [0, 0.05) is 6.07 Å². The first-order valence-electron chi connectivity index (χ1n) is 6.00. The minimum absolute atomic E-state index is 0.684. The molecule has 3 N–H and O–H groups in total. The molecule has 100 valence electrons. The van der Waals surface area contributed by atoms with Crippen LogP contribution >= 0.6 is 0 Å². The van der Waals surface area contributed by atoms with Crippen molar-refractivity contribution in [2.75, 3.05) is 25.3 Å². The summed E-state index contributed by atoms with van der Waals surface area (Å²) in [5, 5.41) is 3.26. The fourth-order valence-electron chi connectivity index (χ4n) is 1.90. The van der Waals surface area contributed by atoms with Crippen molar-refractivity contribution in [3.8, 4) is 11.5 Å². The SMILES string of the molecule is COc1cc(Nc2ccccc2N)c(OC)cc1C. The van der Waals surface area contributed by atoms with Gasteiger partial charge in [-0.2, -0.15) is 0 Å². The molecule has 0 aliphatic heterocycles. The molecule has 0 fully saturated rings. The first kappa shape index (κ1) is 13.1. The van der Waals surface area contributed by atoms with Gasteiger partial charge in [-0.25, -0.2) is 0 Å². The van der Waals surface area contributed by atoms with Crippen molar-refractivity contribution in [3.63, 3.8) is 0 Å². The maximum absolute atomic E-state index is 5.93. The van der Waals surface area contributed by atoms with Crippen molar-refractivity contribution in [1.82, 2.24) is 0 Å². The number of methoxy groups -OCH3 is 2. The average molecular weight is 258 g/mol. The van der Waals surface area contributed by atoms with E-state index in [2.05, 4.69) is 5.32 Å². The van der Waals surface area contributed by atoms with Gasteiger partial charge in [-0.1, -0.05) is 12.1 Å². The highest BCUT2D eigenvalue weighted by atomic mass is 16.5. The summed E-state index contributed by atoms with van der Waals surface area (Å²) in [7, 11) is 3.29. The molecule has 0 radical (unpaired) electrons. The van der Waals surface area contributed by atoms with Crippen LogP contribution in [-0.2, 0) is 0 Å². The zero-order chi connectivity index (χ0) is 13.8. The molecule has 0 saturated carbocycles. The highest BCUT2D eigenvalue weighted by Gasteiger charge is 2.09. The zero-order valence-corrected chi connectivity index (χ0v) is 11.4. The molecule has 0 unspecified atom stereocenters. The molecule has 4 nitrogen and oxygen atoms in total. The summed E-state index contributed by atoms with van der Waals surface area (Å²) < 4.78 is 10.7. The smallest absolute Gasteiger partial charge is 0.142 e. The Kier molecular flexibility index (Phi) is 3.80. The molecule has 0 saturated heterocycles. The molecular formula is C15H18N2O2. The van der Waals surface area contributed by atoms with Crippen molar-refractivity contribution in [1.29, 1.82) is 0 Å². The van der Waals surface area contributed by atoms with E-state index >= 15 is 0 Å². The summed E-state index contributed by atoms with van der Waals surface area (Å²) in [5.41, 5.74) is 9.29. The highest BCUT2D eigenvalue weighted by Crippen LogP contribution is 2.35. The molecule has 4 heteroatoms. The van der Waals surface area contributed by atoms with Gasteiger partial charge in [-0.15, -0.1) is 0 Å². The van der Waals surface area contributed by atoms with Gasteiger partial charge < -0.3 is 20.5 Å². The van der Waals surface area contributed by atoms with Gasteiger partial charge in [0.1, 0.15) is 11.5 Å². The normalized spacial score (nSPS) is 10.1. The number of nitrogens with two attached hydrogens (primary N) is 1. The Morgan fingerprint density at radius 1 is 0.947 bits per heavy atom. The Hall–Kier alpha value is -2.36. The summed E-state index contributed by atoms with van der Waals surface area (Å²) in [4.78, 5) is 0. The zero-order valence-electron chi connectivity index (χ0n) is 11.4. The van der Waals surface area contributed by atoms with E-state index in [0.29, 0.717) is 5.69 Å².